The summed E-state index contributed by atoms with van der Waals surface area (Å²) in [6, 6.07) is 7.19. The lowest BCUT2D eigenvalue weighted by Crippen LogP contribution is -2.43. The highest BCUT2D eigenvalue weighted by molar-refractivity contribution is 5.18. The Bertz CT molecular complexity index is 386. The van der Waals surface area contributed by atoms with Crippen LogP contribution in [-0.2, 0) is 6.42 Å². The predicted octanol–water partition coefficient (Wildman–Crippen LogP) is 3.42. The summed E-state index contributed by atoms with van der Waals surface area (Å²) in [6.07, 6.45) is 6.96. The van der Waals surface area contributed by atoms with Crippen LogP contribution in [0, 0.1) is 17.7 Å². The minimum absolute atomic E-state index is 0.120. The van der Waals surface area contributed by atoms with Crippen LogP contribution in [0.2, 0.25) is 0 Å². The molecule has 1 fully saturated rings. The Balaban J connectivity index is 1.95. The second-order valence-electron chi connectivity index (χ2n) is 5.76. The van der Waals surface area contributed by atoms with Crippen molar-refractivity contribution in [3.8, 4) is 0 Å². The summed E-state index contributed by atoms with van der Waals surface area (Å²) in [5.41, 5.74) is 3.68. The third-order valence-corrected chi connectivity index (χ3v) is 4.65. The average molecular weight is 264 g/mol. The van der Waals surface area contributed by atoms with Crippen LogP contribution in [0.3, 0.4) is 0 Å². The maximum Gasteiger partial charge on any atom is 0.126 e. The zero-order valence-electron chi connectivity index (χ0n) is 11.7. The van der Waals surface area contributed by atoms with Crippen LogP contribution >= 0.6 is 0 Å². The second-order valence-corrected chi connectivity index (χ2v) is 5.76. The quantitative estimate of drug-likeness (QED) is 0.632. The van der Waals surface area contributed by atoms with Gasteiger partial charge in [0.2, 0.25) is 0 Å². The number of nitrogens with one attached hydrogen (secondary N) is 1. The van der Waals surface area contributed by atoms with Crippen molar-refractivity contribution in [2.45, 2.75) is 51.5 Å². The van der Waals surface area contributed by atoms with Crippen molar-refractivity contribution in [1.82, 2.24) is 5.43 Å². The maximum absolute atomic E-state index is 13.7. The van der Waals surface area contributed by atoms with E-state index < -0.39 is 0 Å². The second kappa shape index (κ2) is 7.01. The molecule has 1 saturated carbocycles. The van der Waals surface area contributed by atoms with Crippen molar-refractivity contribution in [2.24, 2.45) is 17.7 Å². The summed E-state index contributed by atoms with van der Waals surface area (Å²) >= 11 is 0. The highest BCUT2D eigenvalue weighted by Crippen LogP contribution is 2.33. The minimum Gasteiger partial charge on any atom is -0.271 e. The van der Waals surface area contributed by atoms with Gasteiger partial charge in [0, 0.05) is 6.04 Å². The molecule has 1 aromatic rings. The molecular weight excluding hydrogens is 239 g/mol. The van der Waals surface area contributed by atoms with Gasteiger partial charge in [0.15, 0.2) is 0 Å². The normalized spacial score (nSPS) is 25.2. The SMILES string of the molecule is CCC1CCC(C(Cc2ccccc2F)NN)CC1. The first kappa shape index (κ1) is 14.5. The fourth-order valence-electron chi connectivity index (χ4n) is 3.26. The van der Waals surface area contributed by atoms with Gasteiger partial charge in [0.25, 0.3) is 0 Å². The third kappa shape index (κ3) is 3.77. The van der Waals surface area contributed by atoms with Crippen molar-refractivity contribution in [3.63, 3.8) is 0 Å². The average Bonchev–Trinajstić information content (AvgIpc) is 2.47. The molecule has 1 atom stereocenters. The van der Waals surface area contributed by atoms with Crippen LogP contribution < -0.4 is 11.3 Å². The van der Waals surface area contributed by atoms with Gasteiger partial charge in [0.1, 0.15) is 5.82 Å². The summed E-state index contributed by atoms with van der Waals surface area (Å²) in [5, 5.41) is 0. The monoisotopic (exact) mass is 264 g/mol. The molecule has 3 heteroatoms. The molecule has 0 aromatic heterocycles. The lowest BCUT2D eigenvalue weighted by molar-refractivity contribution is 0.216. The molecule has 0 amide bonds. The molecule has 0 saturated heterocycles. The number of hydrogen-bond donors (Lipinski definition) is 2. The van der Waals surface area contributed by atoms with E-state index in [2.05, 4.69) is 12.3 Å². The Kier molecular flexibility index (Phi) is 5.34. The van der Waals surface area contributed by atoms with Gasteiger partial charge < -0.3 is 0 Å². The van der Waals surface area contributed by atoms with Gasteiger partial charge in [-0.2, -0.15) is 0 Å². The molecule has 0 radical (unpaired) electrons. The molecule has 2 rings (SSSR count). The summed E-state index contributed by atoms with van der Waals surface area (Å²) in [5.74, 6) is 7.03. The van der Waals surface area contributed by atoms with Gasteiger partial charge in [-0.15, -0.1) is 0 Å². The van der Waals surface area contributed by atoms with Crippen LogP contribution in [0.1, 0.15) is 44.6 Å². The smallest absolute Gasteiger partial charge is 0.126 e. The van der Waals surface area contributed by atoms with E-state index in [1.165, 1.54) is 38.2 Å². The molecule has 0 aliphatic heterocycles. The summed E-state index contributed by atoms with van der Waals surface area (Å²) in [6.45, 7) is 2.27. The Hall–Kier alpha value is -0.930. The Morgan fingerprint density at radius 2 is 1.95 bits per heavy atom. The van der Waals surface area contributed by atoms with Gasteiger partial charge in [-0.25, -0.2) is 4.39 Å². The summed E-state index contributed by atoms with van der Waals surface area (Å²) < 4.78 is 13.7. The number of halogens is 1. The van der Waals surface area contributed by atoms with E-state index >= 15 is 0 Å². The van der Waals surface area contributed by atoms with Gasteiger partial charge in [0.05, 0.1) is 0 Å². The van der Waals surface area contributed by atoms with Crippen molar-refractivity contribution in [3.05, 3.63) is 35.6 Å². The zero-order valence-corrected chi connectivity index (χ0v) is 11.7. The van der Waals surface area contributed by atoms with Gasteiger partial charge >= 0.3 is 0 Å². The molecule has 0 spiro atoms. The van der Waals surface area contributed by atoms with E-state index in [1.807, 2.05) is 12.1 Å². The highest BCUT2D eigenvalue weighted by atomic mass is 19.1. The molecule has 1 aliphatic carbocycles. The van der Waals surface area contributed by atoms with E-state index in [-0.39, 0.29) is 11.9 Å². The van der Waals surface area contributed by atoms with E-state index in [9.17, 15) is 4.39 Å². The fourth-order valence-corrected chi connectivity index (χ4v) is 3.26. The Labute approximate surface area is 115 Å². The standard InChI is InChI=1S/C16H25FN2/c1-2-12-7-9-13(10-8-12)16(19-18)11-14-5-3-4-6-15(14)17/h3-6,12-13,16,19H,2,7-11,18H2,1H3. The molecule has 1 unspecified atom stereocenters. The van der Waals surface area contributed by atoms with E-state index in [0.717, 1.165) is 11.5 Å². The highest BCUT2D eigenvalue weighted by Gasteiger charge is 2.26. The van der Waals surface area contributed by atoms with Crippen LogP contribution in [-0.4, -0.2) is 6.04 Å². The molecule has 1 aliphatic rings. The molecular formula is C16H25FN2. The molecule has 3 N–H and O–H groups in total. The van der Waals surface area contributed by atoms with Crippen molar-refractivity contribution in [2.75, 3.05) is 0 Å². The lowest BCUT2D eigenvalue weighted by Gasteiger charge is -2.33. The Morgan fingerprint density at radius 3 is 2.53 bits per heavy atom. The largest absolute Gasteiger partial charge is 0.271 e. The first-order valence-corrected chi connectivity index (χ1v) is 7.44. The predicted molar refractivity (Wildman–Crippen MR) is 77.0 cm³/mol. The third-order valence-electron chi connectivity index (χ3n) is 4.65. The zero-order chi connectivity index (χ0) is 13.7. The first-order chi connectivity index (χ1) is 9.24. The van der Waals surface area contributed by atoms with Crippen LogP contribution in [0.4, 0.5) is 4.39 Å². The number of nitrogens with two attached hydrogens (primary N) is 1. The van der Waals surface area contributed by atoms with Gasteiger partial charge in [-0.3, -0.25) is 11.3 Å². The van der Waals surface area contributed by atoms with E-state index in [0.29, 0.717) is 12.3 Å². The topological polar surface area (TPSA) is 38.0 Å². The maximum atomic E-state index is 13.7. The summed E-state index contributed by atoms with van der Waals surface area (Å²) in [4.78, 5) is 0. The van der Waals surface area contributed by atoms with Crippen molar-refractivity contribution in [1.29, 1.82) is 0 Å². The molecule has 0 heterocycles. The molecule has 1 aromatic carbocycles. The first-order valence-electron chi connectivity index (χ1n) is 7.44. The van der Waals surface area contributed by atoms with Crippen molar-refractivity contribution >= 4 is 0 Å². The molecule has 106 valence electrons. The van der Waals surface area contributed by atoms with Gasteiger partial charge in [-0.05, 0) is 42.7 Å². The van der Waals surface area contributed by atoms with Crippen LogP contribution in [0.25, 0.3) is 0 Å². The lowest BCUT2D eigenvalue weighted by atomic mass is 9.76. The van der Waals surface area contributed by atoms with E-state index in [4.69, 9.17) is 5.84 Å². The molecule has 0 bridgehead atoms. The number of rotatable bonds is 5. The van der Waals surface area contributed by atoms with E-state index in [1.54, 1.807) is 6.07 Å². The van der Waals surface area contributed by atoms with Crippen LogP contribution in [0.15, 0.2) is 24.3 Å². The van der Waals surface area contributed by atoms with Gasteiger partial charge in [-0.1, -0.05) is 44.4 Å². The summed E-state index contributed by atoms with van der Waals surface area (Å²) in [7, 11) is 0. The van der Waals surface area contributed by atoms with Crippen LogP contribution in [0.5, 0.6) is 0 Å². The fraction of sp³-hybridized carbons (Fsp3) is 0.625. The molecule has 2 nitrogen and oxygen atoms in total. The number of hydrazine groups is 1. The van der Waals surface area contributed by atoms with Crippen molar-refractivity contribution < 1.29 is 4.39 Å². The number of hydrogen-bond acceptors (Lipinski definition) is 2. The Morgan fingerprint density at radius 1 is 1.26 bits per heavy atom. The molecule has 19 heavy (non-hydrogen) atoms. The minimum atomic E-state index is -0.120. The number of benzene rings is 1.